The molecule has 3 aromatic carbocycles. The summed E-state index contributed by atoms with van der Waals surface area (Å²) in [7, 11) is 1.54. The van der Waals surface area contributed by atoms with Crippen LogP contribution in [0.15, 0.2) is 72.3 Å². The monoisotopic (exact) mass is 451 g/mol. The Hall–Kier alpha value is -3.64. The van der Waals surface area contributed by atoms with E-state index in [2.05, 4.69) is 0 Å². The number of hydrogen-bond donors (Lipinski definition) is 1. The second-order valence-corrected chi connectivity index (χ2v) is 7.77. The number of carbonyl (C=O) groups is 2. The molecule has 1 atom stereocenters. The molecule has 0 saturated carbocycles. The van der Waals surface area contributed by atoms with Crippen molar-refractivity contribution in [1.29, 1.82) is 0 Å². The van der Waals surface area contributed by atoms with E-state index in [-0.39, 0.29) is 22.0 Å². The van der Waals surface area contributed by atoms with Crippen molar-refractivity contribution in [2.24, 2.45) is 0 Å². The summed E-state index contributed by atoms with van der Waals surface area (Å²) < 4.78 is 19.0. The summed E-state index contributed by atoms with van der Waals surface area (Å²) in [6.07, 6.45) is 0. The van der Waals surface area contributed by atoms with Gasteiger partial charge >= 0.3 is 0 Å². The number of Topliss-reactive ketones (excluding diaryl/α,β-unsaturated/α-hetero) is 1. The van der Waals surface area contributed by atoms with Gasteiger partial charge < -0.3 is 9.84 Å². The summed E-state index contributed by atoms with van der Waals surface area (Å²) in [5.74, 6) is -2.00. The number of amides is 1. The van der Waals surface area contributed by atoms with Crippen molar-refractivity contribution in [2.75, 3.05) is 12.0 Å². The molecule has 1 saturated heterocycles. The van der Waals surface area contributed by atoms with Gasteiger partial charge in [0.25, 0.3) is 11.7 Å². The summed E-state index contributed by atoms with van der Waals surface area (Å²) in [5.41, 5.74) is 1.93. The van der Waals surface area contributed by atoms with Gasteiger partial charge in [-0.15, -0.1) is 0 Å². The molecule has 1 N–H and O–H groups in total. The van der Waals surface area contributed by atoms with Gasteiger partial charge in [-0.25, -0.2) is 4.39 Å². The Morgan fingerprint density at radius 3 is 2.41 bits per heavy atom. The molecule has 7 heteroatoms. The smallest absolute Gasteiger partial charge is 0.300 e. The largest absolute Gasteiger partial charge is 0.507 e. The lowest BCUT2D eigenvalue weighted by atomic mass is 9.94. The minimum atomic E-state index is -0.917. The van der Waals surface area contributed by atoms with Crippen molar-refractivity contribution in [3.05, 3.63) is 99.8 Å². The van der Waals surface area contributed by atoms with Gasteiger partial charge in [-0.05, 0) is 54.4 Å². The maximum absolute atomic E-state index is 13.7. The SMILES string of the molecule is COc1ccc(/C(O)=C2\C(=O)C(=O)N(c3ccc(F)c(Cl)c3)C2c2ccccc2)cc1C. The molecule has 0 aromatic heterocycles. The molecule has 0 spiro atoms. The summed E-state index contributed by atoms with van der Waals surface area (Å²) in [6, 6.07) is 16.7. The van der Waals surface area contributed by atoms with Gasteiger partial charge in [-0.3, -0.25) is 14.5 Å². The minimum absolute atomic E-state index is 0.0637. The first-order valence-corrected chi connectivity index (χ1v) is 10.2. The van der Waals surface area contributed by atoms with E-state index < -0.39 is 23.5 Å². The molecular weight excluding hydrogens is 433 g/mol. The normalized spacial score (nSPS) is 17.6. The van der Waals surface area contributed by atoms with Crippen LogP contribution in [0.2, 0.25) is 5.02 Å². The average Bonchev–Trinajstić information content (AvgIpc) is 3.06. The van der Waals surface area contributed by atoms with Crippen LogP contribution in [0.4, 0.5) is 10.1 Å². The number of carbonyl (C=O) groups excluding carboxylic acids is 2. The van der Waals surface area contributed by atoms with Crippen LogP contribution in [-0.4, -0.2) is 23.9 Å². The van der Waals surface area contributed by atoms with Gasteiger partial charge in [0.2, 0.25) is 0 Å². The van der Waals surface area contributed by atoms with E-state index in [9.17, 15) is 19.1 Å². The molecule has 1 amide bonds. The summed E-state index contributed by atoms with van der Waals surface area (Å²) in [4.78, 5) is 27.4. The molecule has 1 fully saturated rings. The molecule has 0 aliphatic carbocycles. The Kier molecular flexibility index (Phi) is 5.72. The van der Waals surface area contributed by atoms with Gasteiger partial charge in [0.15, 0.2) is 0 Å². The van der Waals surface area contributed by atoms with Crippen LogP contribution in [0.1, 0.15) is 22.7 Å². The zero-order chi connectivity index (χ0) is 23.0. The number of aliphatic hydroxyl groups excluding tert-OH is 1. The van der Waals surface area contributed by atoms with E-state index in [1.807, 2.05) is 6.92 Å². The molecule has 32 heavy (non-hydrogen) atoms. The van der Waals surface area contributed by atoms with E-state index >= 15 is 0 Å². The van der Waals surface area contributed by atoms with Gasteiger partial charge in [-0.1, -0.05) is 41.9 Å². The Bertz CT molecular complexity index is 1260. The van der Waals surface area contributed by atoms with Crippen LogP contribution in [0.5, 0.6) is 5.75 Å². The number of aliphatic hydroxyl groups is 1. The van der Waals surface area contributed by atoms with Crippen LogP contribution < -0.4 is 9.64 Å². The lowest BCUT2D eigenvalue weighted by Gasteiger charge is -2.25. The molecular formula is C25H19ClFNO4. The number of aryl methyl sites for hydroxylation is 1. The Morgan fingerprint density at radius 2 is 1.78 bits per heavy atom. The highest BCUT2D eigenvalue weighted by Gasteiger charge is 2.47. The summed E-state index contributed by atoms with van der Waals surface area (Å²) in [6.45, 7) is 1.81. The van der Waals surface area contributed by atoms with Crippen LogP contribution >= 0.6 is 11.6 Å². The summed E-state index contributed by atoms with van der Waals surface area (Å²) >= 11 is 5.94. The number of anilines is 1. The zero-order valence-corrected chi connectivity index (χ0v) is 18.1. The quantitative estimate of drug-likeness (QED) is 0.326. The Labute approximate surface area is 189 Å². The fourth-order valence-electron chi connectivity index (χ4n) is 3.87. The molecule has 5 nitrogen and oxygen atoms in total. The van der Waals surface area contributed by atoms with Gasteiger partial charge in [0, 0.05) is 11.3 Å². The van der Waals surface area contributed by atoms with E-state index in [4.69, 9.17) is 16.3 Å². The lowest BCUT2D eigenvalue weighted by Crippen LogP contribution is -2.29. The molecule has 0 radical (unpaired) electrons. The first kappa shape index (κ1) is 21.6. The van der Waals surface area contributed by atoms with E-state index in [1.54, 1.807) is 48.5 Å². The summed E-state index contributed by atoms with van der Waals surface area (Å²) in [5, 5.41) is 11.0. The van der Waals surface area contributed by atoms with Crippen molar-refractivity contribution in [2.45, 2.75) is 13.0 Å². The Morgan fingerprint density at radius 1 is 1.06 bits per heavy atom. The van der Waals surface area contributed by atoms with E-state index in [0.29, 0.717) is 16.9 Å². The number of nitrogens with zero attached hydrogens (tertiary/aromatic N) is 1. The second kappa shape index (κ2) is 8.48. The number of rotatable bonds is 4. The van der Waals surface area contributed by atoms with E-state index in [1.165, 1.54) is 24.1 Å². The minimum Gasteiger partial charge on any atom is -0.507 e. The molecule has 3 aromatic rings. The second-order valence-electron chi connectivity index (χ2n) is 7.36. The van der Waals surface area contributed by atoms with Crippen molar-refractivity contribution in [3.63, 3.8) is 0 Å². The highest BCUT2D eigenvalue weighted by Crippen LogP contribution is 2.43. The highest BCUT2D eigenvalue weighted by atomic mass is 35.5. The first-order chi connectivity index (χ1) is 15.3. The zero-order valence-electron chi connectivity index (χ0n) is 17.3. The van der Waals surface area contributed by atoms with Crippen molar-refractivity contribution < 1.29 is 23.8 Å². The van der Waals surface area contributed by atoms with Crippen LogP contribution in [-0.2, 0) is 9.59 Å². The number of halogens is 2. The number of ether oxygens (including phenoxy) is 1. The molecule has 1 heterocycles. The number of methoxy groups -OCH3 is 1. The molecule has 1 aliphatic heterocycles. The number of benzene rings is 3. The average molecular weight is 452 g/mol. The van der Waals surface area contributed by atoms with Crippen molar-refractivity contribution >= 4 is 34.7 Å². The molecule has 4 rings (SSSR count). The topological polar surface area (TPSA) is 66.8 Å². The van der Waals surface area contributed by atoms with Crippen molar-refractivity contribution in [1.82, 2.24) is 0 Å². The first-order valence-electron chi connectivity index (χ1n) is 9.79. The maximum atomic E-state index is 13.7. The standard InChI is InChI=1S/C25H19ClFNO4/c1-14-12-16(8-11-20(14)32-2)23(29)21-22(15-6-4-3-5-7-15)28(25(31)24(21)30)17-9-10-19(27)18(26)13-17/h3-13,22,29H,1-2H3/b23-21+. The van der Waals surface area contributed by atoms with Crippen molar-refractivity contribution in [3.8, 4) is 5.75 Å². The molecule has 1 unspecified atom stereocenters. The van der Waals surface area contributed by atoms with Gasteiger partial charge in [-0.2, -0.15) is 0 Å². The maximum Gasteiger partial charge on any atom is 0.300 e. The van der Waals surface area contributed by atoms with Crippen LogP contribution in [0, 0.1) is 12.7 Å². The molecule has 0 bridgehead atoms. The van der Waals surface area contributed by atoms with Crippen LogP contribution in [0.25, 0.3) is 5.76 Å². The predicted molar refractivity (Wildman–Crippen MR) is 120 cm³/mol. The third-order valence-corrected chi connectivity index (χ3v) is 5.70. The van der Waals surface area contributed by atoms with Gasteiger partial charge in [0.05, 0.1) is 23.7 Å². The van der Waals surface area contributed by atoms with Gasteiger partial charge in [0.1, 0.15) is 17.3 Å². The predicted octanol–water partition coefficient (Wildman–Crippen LogP) is 5.42. The van der Waals surface area contributed by atoms with Crippen LogP contribution in [0.3, 0.4) is 0 Å². The third-order valence-electron chi connectivity index (χ3n) is 5.41. The fraction of sp³-hybridized carbons (Fsp3) is 0.120. The number of hydrogen-bond acceptors (Lipinski definition) is 4. The molecule has 162 valence electrons. The van der Waals surface area contributed by atoms with E-state index in [0.717, 1.165) is 11.6 Å². The molecule has 1 aliphatic rings. The Balaban J connectivity index is 1.94. The highest BCUT2D eigenvalue weighted by molar-refractivity contribution is 6.51. The third kappa shape index (κ3) is 3.63. The fourth-order valence-corrected chi connectivity index (χ4v) is 4.04. The number of ketones is 1. The lowest BCUT2D eigenvalue weighted by molar-refractivity contribution is -0.132.